The number of hydrogen-bond donors (Lipinski definition) is 0. The number of nitrogens with zero attached hydrogens (tertiary/aromatic N) is 2. The Balaban J connectivity index is 2.51. The topological polar surface area (TPSA) is 52.1 Å². The molecule has 0 radical (unpaired) electrons. The lowest BCUT2D eigenvalue weighted by atomic mass is 10.1. The molecule has 1 aromatic heterocycles. The van der Waals surface area contributed by atoms with Crippen molar-refractivity contribution in [1.82, 2.24) is 9.97 Å². The number of ether oxygens (including phenoxy) is 1. The molecule has 0 N–H and O–H groups in total. The minimum atomic E-state index is -0.256. The van der Waals surface area contributed by atoms with Crippen molar-refractivity contribution in [2.75, 3.05) is 7.11 Å². The maximum atomic E-state index is 12.2. The molecule has 0 aliphatic rings. The van der Waals surface area contributed by atoms with E-state index >= 15 is 0 Å². The molecule has 0 saturated heterocycles. The molecule has 2 aromatic rings. The summed E-state index contributed by atoms with van der Waals surface area (Å²) in [4.78, 5) is 19.9. The second kappa shape index (κ2) is 4.93. The Kier molecular flexibility index (Phi) is 3.35. The van der Waals surface area contributed by atoms with Gasteiger partial charge in [0.15, 0.2) is 0 Å². The van der Waals surface area contributed by atoms with E-state index in [1.807, 2.05) is 6.07 Å². The summed E-state index contributed by atoms with van der Waals surface area (Å²) < 4.78 is 5.01. The summed E-state index contributed by atoms with van der Waals surface area (Å²) in [5, 5.41) is 0.0886. The number of benzene rings is 1. The Morgan fingerprint density at radius 2 is 1.94 bits per heavy atom. The lowest BCUT2D eigenvalue weighted by Gasteiger charge is -2.07. The van der Waals surface area contributed by atoms with Crippen molar-refractivity contribution in [2.24, 2.45) is 0 Å². The van der Waals surface area contributed by atoms with E-state index in [-0.39, 0.29) is 22.4 Å². The molecule has 0 unspecified atom stereocenters. The zero-order valence-corrected chi connectivity index (χ0v) is 9.81. The van der Waals surface area contributed by atoms with Gasteiger partial charge in [-0.2, -0.15) is 0 Å². The molecule has 86 valence electrons. The molecule has 0 spiro atoms. The first kappa shape index (κ1) is 11.5. The summed E-state index contributed by atoms with van der Waals surface area (Å²) >= 11 is 5.90. The van der Waals surface area contributed by atoms with Gasteiger partial charge < -0.3 is 4.74 Å². The first-order valence-electron chi connectivity index (χ1n) is 4.88. The van der Waals surface area contributed by atoms with Crippen LogP contribution in [0.5, 0.6) is 5.88 Å². The Morgan fingerprint density at radius 3 is 2.59 bits per heavy atom. The van der Waals surface area contributed by atoms with E-state index in [0.717, 1.165) is 0 Å². The number of hydrogen-bond acceptors (Lipinski definition) is 4. The van der Waals surface area contributed by atoms with Crippen molar-refractivity contribution < 1.29 is 9.53 Å². The number of rotatable bonds is 3. The van der Waals surface area contributed by atoms with E-state index < -0.39 is 0 Å². The van der Waals surface area contributed by atoms with Crippen molar-refractivity contribution in [3.05, 3.63) is 52.9 Å². The molecule has 0 amide bonds. The first-order chi connectivity index (χ1) is 8.24. The Hall–Kier alpha value is -1.94. The van der Waals surface area contributed by atoms with Crippen molar-refractivity contribution in [2.45, 2.75) is 0 Å². The van der Waals surface area contributed by atoms with Crippen LogP contribution in [-0.2, 0) is 0 Å². The van der Waals surface area contributed by atoms with E-state index in [2.05, 4.69) is 9.97 Å². The predicted octanol–water partition coefficient (Wildman–Crippen LogP) is 2.37. The Bertz CT molecular complexity index is 543. The summed E-state index contributed by atoms with van der Waals surface area (Å²) in [6.07, 6.45) is 1.25. The van der Waals surface area contributed by atoms with Crippen molar-refractivity contribution in [1.29, 1.82) is 0 Å². The van der Waals surface area contributed by atoms with Gasteiger partial charge in [-0.3, -0.25) is 4.79 Å². The third-order valence-corrected chi connectivity index (χ3v) is 2.51. The van der Waals surface area contributed by atoms with Gasteiger partial charge in [0, 0.05) is 5.56 Å². The normalized spacial score (nSPS) is 10.0. The van der Waals surface area contributed by atoms with Crippen LogP contribution in [0.2, 0.25) is 5.15 Å². The smallest absolute Gasteiger partial charge is 0.229 e. The summed E-state index contributed by atoms with van der Waals surface area (Å²) in [6.45, 7) is 0. The van der Waals surface area contributed by atoms with Gasteiger partial charge in [-0.05, 0) is 0 Å². The number of carbonyl (C=O) groups excluding carboxylic acids is 1. The fraction of sp³-hybridized carbons (Fsp3) is 0.0833. The van der Waals surface area contributed by atoms with Gasteiger partial charge in [-0.1, -0.05) is 41.9 Å². The predicted molar refractivity (Wildman–Crippen MR) is 63.5 cm³/mol. The lowest BCUT2D eigenvalue weighted by molar-refractivity contribution is 0.103. The van der Waals surface area contributed by atoms with Gasteiger partial charge in [0.1, 0.15) is 17.0 Å². The maximum absolute atomic E-state index is 12.2. The third-order valence-electron chi connectivity index (χ3n) is 2.22. The average molecular weight is 249 g/mol. The molecule has 0 aliphatic heterocycles. The second-order valence-electron chi connectivity index (χ2n) is 3.24. The minimum absolute atomic E-state index is 0.0886. The SMILES string of the molecule is COc1ncnc(Cl)c1C(=O)c1ccccc1. The van der Waals surface area contributed by atoms with Crippen molar-refractivity contribution in [3.63, 3.8) is 0 Å². The summed E-state index contributed by atoms with van der Waals surface area (Å²) in [6, 6.07) is 8.78. The zero-order valence-electron chi connectivity index (χ0n) is 9.05. The molecule has 5 heteroatoms. The molecule has 4 nitrogen and oxygen atoms in total. The fourth-order valence-corrected chi connectivity index (χ4v) is 1.64. The van der Waals surface area contributed by atoms with Crippen LogP contribution in [0.4, 0.5) is 0 Å². The maximum Gasteiger partial charge on any atom is 0.229 e. The number of aromatic nitrogens is 2. The van der Waals surface area contributed by atoms with E-state index in [4.69, 9.17) is 16.3 Å². The van der Waals surface area contributed by atoms with Crippen LogP contribution < -0.4 is 4.74 Å². The van der Waals surface area contributed by atoms with Gasteiger partial charge in [-0.25, -0.2) is 9.97 Å². The van der Waals surface area contributed by atoms with Crippen LogP contribution in [-0.4, -0.2) is 22.9 Å². The largest absolute Gasteiger partial charge is 0.480 e. The van der Waals surface area contributed by atoms with Gasteiger partial charge in [-0.15, -0.1) is 0 Å². The molecule has 1 heterocycles. The van der Waals surface area contributed by atoms with E-state index in [9.17, 15) is 4.79 Å². The fourth-order valence-electron chi connectivity index (χ4n) is 1.43. The monoisotopic (exact) mass is 248 g/mol. The van der Waals surface area contributed by atoms with Gasteiger partial charge >= 0.3 is 0 Å². The van der Waals surface area contributed by atoms with Crippen LogP contribution in [0.3, 0.4) is 0 Å². The average Bonchev–Trinajstić information content (AvgIpc) is 2.38. The summed E-state index contributed by atoms with van der Waals surface area (Å²) in [5.41, 5.74) is 0.699. The van der Waals surface area contributed by atoms with Gasteiger partial charge in [0.2, 0.25) is 11.7 Å². The van der Waals surface area contributed by atoms with E-state index in [1.54, 1.807) is 24.3 Å². The van der Waals surface area contributed by atoms with E-state index in [0.29, 0.717) is 5.56 Å². The molecule has 17 heavy (non-hydrogen) atoms. The highest BCUT2D eigenvalue weighted by molar-refractivity contribution is 6.34. The molecular formula is C12H9ClN2O2. The molecule has 0 fully saturated rings. The Labute approximate surface area is 103 Å². The van der Waals surface area contributed by atoms with Crippen LogP contribution in [0.1, 0.15) is 15.9 Å². The van der Waals surface area contributed by atoms with Gasteiger partial charge in [0.25, 0.3) is 0 Å². The lowest BCUT2D eigenvalue weighted by Crippen LogP contribution is -2.07. The molecule has 0 aliphatic carbocycles. The standard InChI is InChI=1S/C12H9ClN2O2/c1-17-12-9(11(13)14-7-15-12)10(16)8-5-3-2-4-6-8/h2-7H,1H3. The number of halogens is 1. The molecule has 2 rings (SSSR count). The molecule has 0 bridgehead atoms. The number of carbonyl (C=O) groups is 1. The molecule has 0 saturated carbocycles. The Morgan fingerprint density at radius 1 is 1.24 bits per heavy atom. The quantitative estimate of drug-likeness (QED) is 0.618. The highest BCUT2D eigenvalue weighted by atomic mass is 35.5. The molecule has 1 aromatic carbocycles. The first-order valence-corrected chi connectivity index (χ1v) is 5.26. The highest BCUT2D eigenvalue weighted by Gasteiger charge is 2.19. The summed E-state index contributed by atoms with van der Waals surface area (Å²) in [7, 11) is 1.43. The molecule has 0 atom stereocenters. The number of methoxy groups -OCH3 is 1. The van der Waals surface area contributed by atoms with Crippen LogP contribution in [0, 0.1) is 0 Å². The van der Waals surface area contributed by atoms with Crippen LogP contribution in [0.15, 0.2) is 36.7 Å². The third kappa shape index (κ3) is 2.26. The summed E-state index contributed by atoms with van der Waals surface area (Å²) in [5.74, 6) is -0.0769. The number of ketones is 1. The van der Waals surface area contributed by atoms with Crippen LogP contribution >= 0.6 is 11.6 Å². The highest BCUT2D eigenvalue weighted by Crippen LogP contribution is 2.24. The van der Waals surface area contributed by atoms with Crippen molar-refractivity contribution in [3.8, 4) is 5.88 Å². The van der Waals surface area contributed by atoms with E-state index in [1.165, 1.54) is 13.4 Å². The second-order valence-corrected chi connectivity index (χ2v) is 3.60. The zero-order chi connectivity index (χ0) is 12.3. The van der Waals surface area contributed by atoms with Crippen molar-refractivity contribution >= 4 is 17.4 Å². The minimum Gasteiger partial charge on any atom is -0.480 e. The van der Waals surface area contributed by atoms with Gasteiger partial charge in [0.05, 0.1) is 7.11 Å². The van der Waals surface area contributed by atoms with Crippen LogP contribution in [0.25, 0.3) is 0 Å². The molecular weight excluding hydrogens is 240 g/mol.